The van der Waals surface area contributed by atoms with E-state index in [4.69, 9.17) is 11.6 Å². The van der Waals surface area contributed by atoms with Gasteiger partial charge in [-0.25, -0.2) is 4.90 Å². The first-order valence-electron chi connectivity index (χ1n) is 8.16. The average molecular weight is 360 g/mol. The first kappa shape index (κ1) is 16.3. The molecule has 1 heterocycles. The Hall–Kier alpha value is -3.17. The maximum Gasteiger partial charge on any atom is 0.266 e. The molecule has 0 bridgehead atoms. The Kier molecular flexibility index (Phi) is 4.15. The molecule has 1 aliphatic heterocycles. The van der Waals surface area contributed by atoms with Crippen LogP contribution in [-0.2, 0) is 9.59 Å². The first-order chi connectivity index (χ1) is 12.7. The molecule has 0 N–H and O–H groups in total. The lowest BCUT2D eigenvalue weighted by molar-refractivity contribution is -0.119. The molecule has 4 heteroatoms. The molecule has 0 unspecified atom stereocenters. The zero-order valence-electron chi connectivity index (χ0n) is 13.7. The highest BCUT2D eigenvalue weighted by Gasteiger charge is 2.40. The van der Waals surface area contributed by atoms with Gasteiger partial charge < -0.3 is 0 Å². The second-order valence-electron chi connectivity index (χ2n) is 5.90. The van der Waals surface area contributed by atoms with Gasteiger partial charge in [0.05, 0.1) is 16.8 Å². The Balaban J connectivity index is 1.90. The molecular weight excluding hydrogens is 346 g/mol. The third-order valence-corrected chi connectivity index (χ3v) is 4.55. The van der Waals surface area contributed by atoms with E-state index < -0.39 is 0 Å². The lowest BCUT2D eigenvalue weighted by Crippen LogP contribution is -2.31. The van der Waals surface area contributed by atoms with Crippen molar-refractivity contribution in [2.75, 3.05) is 4.90 Å². The summed E-state index contributed by atoms with van der Waals surface area (Å²) in [6, 6.07) is 25.2. The first-order valence-corrected chi connectivity index (χ1v) is 8.54. The second kappa shape index (κ2) is 6.62. The van der Waals surface area contributed by atoms with Crippen molar-refractivity contribution in [2.24, 2.45) is 0 Å². The van der Waals surface area contributed by atoms with Crippen LogP contribution in [0.2, 0.25) is 5.02 Å². The smallest absolute Gasteiger partial charge is 0.266 e. The minimum Gasteiger partial charge on any atom is -0.268 e. The van der Waals surface area contributed by atoms with Crippen molar-refractivity contribution in [1.29, 1.82) is 0 Å². The molecule has 0 saturated heterocycles. The molecule has 3 aromatic carbocycles. The Morgan fingerprint density at radius 1 is 0.577 bits per heavy atom. The van der Waals surface area contributed by atoms with Crippen molar-refractivity contribution >= 4 is 40.2 Å². The highest BCUT2D eigenvalue weighted by atomic mass is 35.5. The lowest BCUT2D eigenvalue weighted by Gasteiger charge is -2.15. The van der Waals surface area contributed by atoms with Crippen molar-refractivity contribution in [3.05, 3.63) is 101 Å². The predicted molar refractivity (Wildman–Crippen MR) is 104 cm³/mol. The number of imide groups is 1. The van der Waals surface area contributed by atoms with E-state index in [1.54, 1.807) is 24.3 Å². The third kappa shape index (κ3) is 2.72. The summed E-state index contributed by atoms with van der Waals surface area (Å²) in [5, 5.41) is 0.548. The predicted octanol–water partition coefficient (Wildman–Crippen LogP) is 4.82. The number of nitrogens with zero attached hydrogens (tertiary/aromatic N) is 1. The molecule has 0 aromatic heterocycles. The van der Waals surface area contributed by atoms with Crippen LogP contribution >= 0.6 is 11.6 Å². The van der Waals surface area contributed by atoms with E-state index in [0.29, 0.717) is 21.9 Å². The molecule has 3 nitrogen and oxygen atoms in total. The van der Waals surface area contributed by atoms with E-state index in [2.05, 4.69) is 0 Å². The SMILES string of the molecule is O=C1C(c2ccccc2)=C(c2ccccc2)C(=O)N1c1ccc(Cl)cc1. The van der Waals surface area contributed by atoms with Crippen LogP contribution in [0, 0.1) is 0 Å². The molecule has 0 aliphatic carbocycles. The number of rotatable bonds is 3. The molecular formula is C22H14ClNO2. The van der Waals surface area contributed by atoms with E-state index >= 15 is 0 Å². The number of amides is 2. The summed E-state index contributed by atoms with van der Waals surface area (Å²) in [6.07, 6.45) is 0. The van der Waals surface area contributed by atoms with Crippen LogP contribution in [-0.4, -0.2) is 11.8 Å². The van der Waals surface area contributed by atoms with E-state index in [0.717, 1.165) is 11.1 Å². The van der Waals surface area contributed by atoms with Gasteiger partial charge in [0.1, 0.15) is 0 Å². The summed E-state index contributed by atoms with van der Waals surface area (Å²) < 4.78 is 0. The Labute approximate surface area is 156 Å². The highest BCUT2D eigenvalue weighted by molar-refractivity contribution is 6.57. The van der Waals surface area contributed by atoms with Crippen LogP contribution in [0.1, 0.15) is 11.1 Å². The van der Waals surface area contributed by atoms with Crippen LogP contribution < -0.4 is 4.90 Å². The van der Waals surface area contributed by atoms with Crippen molar-refractivity contribution in [1.82, 2.24) is 0 Å². The molecule has 2 amide bonds. The van der Waals surface area contributed by atoms with Gasteiger partial charge in [-0.15, -0.1) is 0 Å². The number of anilines is 1. The van der Waals surface area contributed by atoms with Crippen molar-refractivity contribution in [2.45, 2.75) is 0 Å². The van der Waals surface area contributed by atoms with Gasteiger partial charge in [-0.3, -0.25) is 9.59 Å². The molecule has 0 saturated carbocycles. The van der Waals surface area contributed by atoms with Crippen LogP contribution in [0.25, 0.3) is 11.1 Å². The van der Waals surface area contributed by atoms with Gasteiger partial charge in [-0.05, 0) is 35.4 Å². The Bertz CT molecular complexity index is 948. The van der Waals surface area contributed by atoms with Crippen molar-refractivity contribution in [3.8, 4) is 0 Å². The monoisotopic (exact) mass is 359 g/mol. The zero-order chi connectivity index (χ0) is 18.1. The molecule has 4 rings (SSSR count). The van der Waals surface area contributed by atoms with Crippen LogP contribution in [0.5, 0.6) is 0 Å². The summed E-state index contributed by atoms with van der Waals surface area (Å²) in [7, 11) is 0. The number of carbonyl (C=O) groups is 2. The Morgan fingerprint density at radius 2 is 1.00 bits per heavy atom. The van der Waals surface area contributed by atoms with Crippen LogP contribution in [0.15, 0.2) is 84.9 Å². The van der Waals surface area contributed by atoms with Gasteiger partial charge in [0.25, 0.3) is 11.8 Å². The fourth-order valence-electron chi connectivity index (χ4n) is 3.10. The molecule has 26 heavy (non-hydrogen) atoms. The van der Waals surface area contributed by atoms with Crippen molar-refractivity contribution in [3.63, 3.8) is 0 Å². The summed E-state index contributed by atoms with van der Waals surface area (Å²) in [6.45, 7) is 0. The normalized spacial score (nSPS) is 14.3. The van der Waals surface area contributed by atoms with E-state index in [1.165, 1.54) is 4.90 Å². The van der Waals surface area contributed by atoms with Crippen LogP contribution in [0.3, 0.4) is 0 Å². The molecule has 0 fully saturated rings. The summed E-state index contributed by atoms with van der Waals surface area (Å²) in [5.74, 6) is -0.662. The molecule has 0 radical (unpaired) electrons. The minimum atomic E-state index is -0.331. The average Bonchev–Trinajstić information content (AvgIpc) is 2.94. The maximum atomic E-state index is 13.2. The summed E-state index contributed by atoms with van der Waals surface area (Å²) in [4.78, 5) is 27.6. The van der Waals surface area contributed by atoms with Gasteiger partial charge >= 0.3 is 0 Å². The standard InChI is InChI=1S/C22H14ClNO2/c23-17-11-13-18(14-12-17)24-21(25)19(15-7-3-1-4-8-15)20(22(24)26)16-9-5-2-6-10-16/h1-14H. The molecule has 0 atom stereocenters. The number of benzene rings is 3. The molecule has 3 aromatic rings. The quantitative estimate of drug-likeness (QED) is 0.628. The maximum absolute atomic E-state index is 13.2. The molecule has 126 valence electrons. The second-order valence-corrected chi connectivity index (χ2v) is 6.34. The lowest BCUT2D eigenvalue weighted by atomic mass is 9.96. The number of halogens is 1. The van der Waals surface area contributed by atoms with Crippen LogP contribution in [0.4, 0.5) is 5.69 Å². The fourth-order valence-corrected chi connectivity index (χ4v) is 3.23. The minimum absolute atomic E-state index is 0.331. The van der Waals surface area contributed by atoms with Crippen molar-refractivity contribution < 1.29 is 9.59 Å². The van der Waals surface area contributed by atoms with E-state index in [9.17, 15) is 9.59 Å². The molecule has 0 spiro atoms. The van der Waals surface area contributed by atoms with Gasteiger partial charge in [-0.1, -0.05) is 72.3 Å². The number of hydrogen-bond donors (Lipinski definition) is 0. The number of hydrogen-bond acceptors (Lipinski definition) is 2. The molecule has 1 aliphatic rings. The topological polar surface area (TPSA) is 37.4 Å². The largest absolute Gasteiger partial charge is 0.268 e. The summed E-state index contributed by atoms with van der Waals surface area (Å²) >= 11 is 5.94. The fraction of sp³-hybridized carbons (Fsp3) is 0. The highest BCUT2D eigenvalue weighted by Crippen LogP contribution is 2.38. The van der Waals surface area contributed by atoms with E-state index in [-0.39, 0.29) is 11.8 Å². The van der Waals surface area contributed by atoms with Gasteiger partial charge in [0, 0.05) is 5.02 Å². The van der Waals surface area contributed by atoms with Gasteiger partial charge in [0.2, 0.25) is 0 Å². The third-order valence-electron chi connectivity index (χ3n) is 4.29. The zero-order valence-corrected chi connectivity index (χ0v) is 14.5. The van der Waals surface area contributed by atoms with Gasteiger partial charge in [-0.2, -0.15) is 0 Å². The summed E-state index contributed by atoms with van der Waals surface area (Å²) in [5.41, 5.74) is 2.78. The van der Waals surface area contributed by atoms with E-state index in [1.807, 2.05) is 60.7 Å². The van der Waals surface area contributed by atoms with Gasteiger partial charge in [0.15, 0.2) is 0 Å². The Morgan fingerprint density at radius 3 is 1.42 bits per heavy atom. The number of carbonyl (C=O) groups excluding carboxylic acids is 2.